The van der Waals surface area contributed by atoms with E-state index in [9.17, 15) is 4.57 Å². The van der Waals surface area contributed by atoms with Crippen molar-refractivity contribution in [1.82, 2.24) is 0 Å². The van der Waals surface area contributed by atoms with Crippen LogP contribution in [0.2, 0.25) is 0 Å². The molecule has 4 nitrogen and oxygen atoms in total. The van der Waals surface area contributed by atoms with Crippen molar-refractivity contribution in [3.05, 3.63) is 22.9 Å². The first-order valence-corrected chi connectivity index (χ1v) is 5.69. The van der Waals surface area contributed by atoms with Gasteiger partial charge >= 0.3 is 7.82 Å². The van der Waals surface area contributed by atoms with E-state index in [-0.39, 0.29) is 0 Å². The third-order valence-electron chi connectivity index (χ3n) is 1.25. The zero-order valence-electron chi connectivity index (χ0n) is 8.61. The highest BCUT2D eigenvalue weighted by Crippen LogP contribution is 2.49. The molecule has 6 heteroatoms. The SMILES string of the molecule is COP(=O)(OC)O/C(C)=C\C=C(/C)Cl. The summed E-state index contributed by atoms with van der Waals surface area (Å²) < 4.78 is 25.6. The largest absolute Gasteiger partial charge is 0.529 e. The Balaban J connectivity index is 4.45. The van der Waals surface area contributed by atoms with Crippen molar-refractivity contribution in [2.75, 3.05) is 14.2 Å². The number of phosphoric acid groups is 1. The Morgan fingerprint density at radius 3 is 2.07 bits per heavy atom. The zero-order valence-corrected chi connectivity index (χ0v) is 10.3. The van der Waals surface area contributed by atoms with Crippen LogP contribution >= 0.6 is 19.4 Å². The van der Waals surface area contributed by atoms with Crippen LogP contribution in [0.4, 0.5) is 0 Å². The first-order chi connectivity index (χ1) is 6.43. The lowest BCUT2D eigenvalue weighted by Gasteiger charge is -2.13. The van der Waals surface area contributed by atoms with E-state index >= 15 is 0 Å². The minimum atomic E-state index is -3.44. The molecule has 0 saturated carbocycles. The van der Waals surface area contributed by atoms with Gasteiger partial charge in [0.05, 0.1) is 0 Å². The molecule has 0 aliphatic carbocycles. The molecular formula is C8H14ClO4P. The maximum Gasteiger partial charge on any atom is 0.529 e. The standard InChI is InChI=1S/C8H14ClO4P/c1-7(9)5-6-8(2)13-14(10,11-3)12-4/h5-6H,1-4H3/b7-5+,8-6-. The van der Waals surface area contributed by atoms with Gasteiger partial charge in [-0.2, -0.15) is 0 Å². The first-order valence-electron chi connectivity index (χ1n) is 3.85. The Labute approximate surface area is 89.1 Å². The molecule has 0 aromatic carbocycles. The molecule has 0 amide bonds. The molecule has 0 spiro atoms. The van der Waals surface area contributed by atoms with Crippen LogP contribution in [0.5, 0.6) is 0 Å². The van der Waals surface area contributed by atoms with Crippen LogP contribution in [0.3, 0.4) is 0 Å². The summed E-state index contributed by atoms with van der Waals surface area (Å²) in [5, 5.41) is 0.595. The second-order valence-electron chi connectivity index (χ2n) is 2.43. The summed E-state index contributed by atoms with van der Waals surface area (Å²) >= 11 is 5.59. The van der Waals surface area contributed by atoms with Crippen molar-refractivity contribution in [1.29, 1.82) is 0 Å². The molecule has 0 aromatic heterocycles. The third kappa shape index (κ3) is 5.45. The van der Waals surface area contributed by atoms with Gasteiger partial charge in [-0.15, -0.1) is 0 Å². The van der Waals surface area contributed by atoms with Crippen LogP contribution in [-0.2, 0) is 18.1 Å². The molecule has 82 valence electrons. The lowest BCUT2D eigenvalue weighted by Crippen LogP contribution is -1.92. The van der Waals surface area contributed by atoms with Crippen molar-refractivity contribution in [3.63, 3.8) is 0 Å². The lowest BCUT2D eigenvalue weighted by atomic mass is 10.4. The van der Waals surface area contributed by atoms with E-state index in [2.05, 4.69) is 9.05 Å². The summed E-state index contributed by atoms with van der Waals surface area (Å²) in [4.78, 5) is 0. The second kappa shape index (κ2) is 6.25. The van der Waals surface area contributed by atoms with E-state index in [1.54, 1.807) is 26.0 Å². The summed E-state index contributed by atoms with van der Waals surface area (Å²) in [6.45, 7) is 3.35. The predicted molar refractivity (Wildman–Crippen MR) is 56.1 cm³/mol. The Bertz CT molecular complexity index is 273. The monoisotopic (exact) mass is 240 g/mol. The number of halogens is 1. The summed E-state index contributed by atoms with van der Waals surface area (Å²) in [5.41, 5.74) is 0. The number of rotatable bonds is 5. The molecule has 0 heterocycles. The van der Waals surface area contributed by atoms with E-state index in [1.807, 2.05) is 0 Å². The van der Waals surface area contributed by atoms with Crippen molar-refractivity contribution in [2.45, 2.75) is 13.8 Å². The zero-order chi connectivity index (χ0) is 11.2. The van der Waals surface area contributed by atoms with Crippen molar-refractivity contribution in [2.24, 2.45) is 0 Å². The van der Waals surface area contributed by atoms with E-state index < -0.39 is 7.82 Å². The second-order valence-corrected chi connectivity index (χ2v) is 4.84. The molecular weight excluding hydrogens is 227 g/mol. The number of allylic oxidation sites excluding steroid dienone is 4. The van der Waals surface area contributed by atoms with Gasteiger partial charge in [0.15, 0.2) is 0 Å². The molecule has 0 aromatic rings. The third-order valence-corrected chi connectivity index (χ3v) is 2.78. The molecule has 0 saturated heterocycles. The minimum Gasteiger partial charge on any atom is -0.409 e. The highest BCUT2D eigenvalue weighted by Gasteiger charge is 2.23. The van der Waals surface area contributed by atoms with Crippen LogP contribution in [0, 0.1) is 0 Å². The maximum absolute atomic E-state index is 11.4. The fraction of sp³-hybridized carbons (Fsp3) is 0.500. The van der Waals surface area contributed by atoms with Gasteiger partial charge in [-0.3, -0.25) is 9.05 Å². The summed E-state index contributed by atoms with van der Waals surface area (Å²) in [5.74, 6) is 0.400. The Morgan fingerprint density at radius 1 is 1.21 bits per heavy atom. The number of phosphoric ester groups is 1. The molecule has 0 bridgehead atoms. The molecule has 0 unspecified atom stereocenters. The topological polar surface area (TPSA) is 44.8 Å². The molecule has 0 N–H and O–H groups in total. The number of hydrogen-bond acceptors (Lipinski definition) is 4. The van der Waals surface area contributed by atoms with Crippen LogP contribution in [0.25, 0.3) is 0 Å². The van der Waals surface area contributed by atoms with E-state index in [0.29, 0.717) is 10.8 Å². The van der Waals surface area contributed by atoms with E-state index in [1.165, 1.54) is 14.2 Å². The normalized spacial score (nSPS) is 14.4. The van der Waals surface area contributed by atoms with Gasteiger partial charge in [0, 0.05) is 19.3 Å². The Morgan fingerprint density at radius 2 is 1.71 bits per heavy atom. The van der Waals surface area contributed by atoms with Gasteiger partial charge in [0.1, 0.15) is 5.76 Å². The minimum absolute atomic E-state index is 0.400. The summed E-state index contributed by atoms with van der Waals surface area (Å²) in [6.07, 6.45) is 3.19. The van der Waals surface area contributed by atoms with Crippen molar-refractivity contribution in [3.8, 4) is 0 Å². The summed E-state index contributed by atoms with van der Waals surface area (Å²) in [6, 6.07) is 0. The summed E-state index contributed by atoms with van der Waals surface area (Å²) in [7, 11) is -0.937. The average molecular weight is 241 g/mol. The van der Waals surface area contributed by atoms with Crippen LogP contribution in [-0.4, -0.2) is 14.2 Å². The highest BCUT2D eigenvalue weighted by molar-refractivity contribution is 7.48. The maximum atomic E-state index is 11.4. The predicted octanol–water partition coefficient (Wildman–Crippen LogP) is 3.45. The van der Waals surface area contributed by atoms with Crippen LogP contribution in [0.15, 0.2) is 22.9 Å². The van der Waals surface area contributed by atoms with E-state index in [0.717, 1.165) is 0 Å². The molecule has 0 atom stereocenters. The van der Waals surface area contributed by atoms with Gasteiger partial charge < -0.3 is 4.52 Å². The molecule has 14 heavy (non-hydrogen) atoms. The Hall–Kier alpha value is -0.280. The van der Waals surface area contributed by atoms with Crippen LogP contribution < -0.4 is 0 Å². The molecule has 0 aliphatic heterocycles. The molecule has 0 rings (SSSR count). The number of hydrogen-bond donors (Lipinski definition) is 0. The van der Waals surface area contributed by atoms with Gasteiger partial charge in [-0.1, -0.05) is 11.6 Å². The van der Waals surface area contributed by atoms with Gasteiger partial charge in [0.25, 0.3) is 0 Å². The van der Waals surface area contributed by atoms with Gasteiger partial charge in [0.2, 0.25) is 0 Å². The quantitative estimate of drug-likeness (QED) is 0.419. The van der Waals surface area contributed by atoms with Crippen molar-refractivity contribution < 1.29 is 18.1 Å². The van der Waals surface area contributed by atoms with Gasteiger partial charge in [-0.05, 0) is 26.0 Å². The Kier molecular flexibility index (Phi) is 6.12. The average Bonchev–Trinajstić information content (AvgIpc) is 2.14. The fourth-order valence-corrected chi connectivity index (χ4v) is 1.36. The molecule has 0 radical (unpaired) electrons. The van der Waals surface area contributed by atoms with Gasteiger partial charge in [-0.25, -0.2) is 4.57 Å². The molecule has 0 fully saturated rings. The highest BCUT2D eigenvalue weighted by atomic mass is 35.5. The lowest BCUT2D eigenvalue weighted by molar-refractivity contribution is 0.183. The first kappa shape index (κ1) is 13.7. The van der Waals surface area contributed by atoms with Crippen LogP contribution in [0.1, 0.15) is 13.8 Å². The fourth-order valence-electron chi connectivity index (χ4n) is 0.588. The van der Waals surface area contributed by atoms with E-state index in [4.69, 9.17) is 16.1 Å². The van der Waals surface area contributed by atoms with Crippen molar-refractivity contribution >= 4 is 19.4 Å². The molecule has 0 aliphatic rings. The smallest absolute Gasteiger partial charge is 0.409 e.